The van der Waals surface area contributed by atoms with Gasteiger partial charge in [-0.05, 0) is 161 Å². The first-order valence-electron chi connectivity index (χ1n) is 26.5. The Bertz CT molecular complexity index is 2070. The lowest BCUT2D eigenvalue weighted by atomic mass is 9.88. The van der Waals surface area contributed by atoms with Crippen LogP contribution < -0.4 is 35.5 Å². The third-order valence-electron chi connectivity index (χ3n) is 14.0. The van der Waals surface area contributed by atoms with E-state index in [0.717, 1.165) is 142 Å². The summed E-state index contributed by atoms with van der Waals surface area (Å²) in [6.07, 6.45) is 14.7. The third-order valence-corrected chi connectivity index (χ3v) is 15.5. The number of rotatable bonds is 30. The zero-order chi connectivity index (χ0) is 48.8. The first-order chi connectivity index (χ1) is 34.3. The van der Waals surface area contributed by atoms with Crippen molar-refractivity contribution in [1.82, 2.24) is 31.1 Å². The van der Waals surface area contributed by atoms with E-state index in [2.05, 4.69) is 92.6 Å². The van der Waals surface area contributed by atoms with Crippen LogP contribution in [0.5, 0.6) is 17.2 Å². The van der Waals surface area contributed by atoms with Crippen molar-refractivity contribution in [1.29, 1.82) is 0 Å². The van der Waals surface area contributed by atoms with Crippen molar-refractivity contribution in [3.05, 3.63) is 89.5 Å². The molecule has 14 heteroatoms. The molecule has 0 aromatic heterocycles. The monoisotopic (exact) mass is 979 g/mol. The molecule has 3 aromatic carbocycles. The van der Waals surface area contributed by atoms with Gasteiger partial charge in [-0.2, -0.15) is 11.8 Å². The molecule has 1 unspecified atom stereocenters. The molecule has 4 saturated heterocycles. The minimum absolute atomic E-state index is 0.0373. The van der Waals surface area contributed by atoms with Gasteiger partial charge in [0.15, 0.2) is 0 Å². The zero-order valence-corrected chi connectivity index (χ0v) is 42.4. The SMILES string of the molecule is CCC(=C(c1ccc(OCCN2CCCC2)cc1)c1ccc(OCCN2CCCC2)cc1)c1cccc(OC(=O)CCCCCNC(=O)CCCCCNC(=O)CCCCC2SC[C@H]3NC(=O)N[C@@H]23)c1. The summed E-state index contributed by atoms with van der Waals surface area (Å²) in [4.78, 5) is 54.3. The lowest BCUT2D eigenvalue weighted by molar-refractivity contribution is -0.134. The topological polar surface area (TPSA) is 151 Å². The van der Waals surface area contributed by atoms with Crippen LogP contribution in [0.3, 0.4) is 0 Å². The Morgan fingerprint density at radius 3 is 1.77 bits per heavy atom. The maximum absolute atomic E-state index is 13.0. The fourth-order valence-electron chi connectivity index (χ4n) is 10.1. The molecule has 4 heterocycles. The number of fused-ring (bicyclic) bond motifs is 1. The molecular weight excluding hydrogens is 901 g/mol. The van der Waals surface area contributed by atoms with Gasteiger partial charge in [0, 0.05) is 56.4 Å². The Labute approximate surface area is 421 Å². The average Bonchev–Trinajstić information content (AvgIpc) is 4.21. The van der Waals surface area contributed by atoms with Gasteiger partial charge < -0.3 is 35.5 Å². The van der Waals surface area contributed by atoms with Gasteiger partial charge in [-0.1, -0.05) is 62.6 Å². The lowest BCUT2D eigenvalue weighted by Gasteiger charge is -2.19. The average molecular weight is 979 g/mol. The van der Waals surface area contributed by atoms with Crippen LogP contribution in [0, 0.1) is 0 Å². The predicted molar refractivity (Wildman–Crippen MR) is 280 cm³/mol. The minimum Gasteiger partial charge on any atom is -0.492 e. The molecule has 13 nitrogen and oxygen atoms in total. The molecule has 0 bridgehead atoms. The second-order valence-electron chi connectivity index (χ2n) is 19.2. The molecule has 70 heavy (non-hydrogen) atoms. The number of thioether (sulfide) groups is 1. The zero-order valence-electron chi connectivity index (χ0n) is 41.6. The molecular formula is C56H78N6O7S. The van der Waals surface area contributed by atoms with Crippen molar-refractivity contribution in [2.75, 3.05) is 71.3 Å². The lowest BCUT2D eigenvalue weighted by Crippen LogP contribution is -2.36. The van der Waals surface area contributed by atoms with Gasteiger partial charge in [0.1, 0.15) is 30.5 Å². The van der Waals surface area contributed by atoms with E-state index >= 15 is 0 Å². The van der Waals surface area contributed by atoms with E-state index in [1.54, 1.807) is 0 Å². The highest BCUT2D eigenvalue weighted by Gasteiger charge is 2.42. The number of carbonyl (C=O) groups is 4. The largest absolute Gasteiger partial charge is 0.492 e. The van der Waals surface area contributed by atoms with Gasteiger partial charge in [0.05, 0.1) is 12.1 Å². The molecule has 7 rings (SSSR count). The molecule has 0 saturated carbocycles. The van der Waals surface area contributed by atoms with Crippen LogP contribution in [0.4, 0.5) is 4.79 Å². The number of carbonyl (C=O) groups excluding carboxylic acids is 4. The van der Waals surface area contributed by atoms with Crippen molar-refractivity contribution < 1.29 is 33.4 Å². The maximum Gasteiger partial charge on any atom is 0.315 e. The molecule has 4 fully saturated rings. The number of esters is 1. The van der Waals surface area contributed by atoms with Crippen molar-refractivity contribution in [3.63, 3.8) is 0 Å². The fourth-order valence-corrected chi connectivity index (χ4v) is 11.6. The van der Waals surface area contributed by atoms with E-state index in [1.165, 1.54) is 25.7 Å². The van der Waals surface area contributed by atoms with Crippen molar-refractivity contribution in [2.45, 2.75) is 133 Å². The summed E-state index contributed by atoms with van der Waals surface area (Å²) < 4.78 is 18.2. The number of hydrogen-bond donors (Lipinski definition) is 4. The highest BCUT2D eigenvalue weighted by molar-refractivity contribution is 8.00. The summed E-state index contributed by atoms with van der Waals surface area (Å²) in [7, 11) is 0. The summed E-state index contributed by atoms with van der Waals surface area (Å²) in [5, 5.41) is 12.4. The van der Waals surface area contributed by atoms with E-state index in [1.807, 2.05) is 30.0 Å². The molecule has 0 radical (unpaired) electrons. The third kappa shape index (κ3) is 17.1. The number of nitrogens with one attached hydrogen (secondary N) is 4. The smallest absolute Gasteiger partial charge is 0.315 e. The van der Waals surface area contributed by atoms with E-state index in [0.29, 0.717) is 63.0 Å². The molecule has 0 aliphatic carbocycles. The van der Waals surface area contributed by atoms with Crippen molar-refractivity contribution >= 4 is 46.7 Å². The highest BCUT2D eigenvalue weighted by atomic mass is 32.2. The van der Waals surface area contributed by atoms with Gasteiger partial charge in [-0.3, -0.25) is 24.2 Å². The predicted octanol–water partition coefficient (Wildman–Crippen LogP) is 8.99. The number of benzene rings is 3. The van der Waals surface area contributed by atoms with Crippen LogP contribution in [0.1, 0.15) is 133 Å². The number of hydrogen-bond acceptors (Lipinski definition) is 10. The molecule has 4 amide bonds. The molecule has 0 spiro atoms. The van der Waals surface area contributed by atoms with E-state index < -0.39 is 0 Å². The second kappa shape index (κ2) is 28.7. The second-order valence-corrected chi connectivity index (χ2v) is 20.5. The van der Waals surface area contributed by atoms with Crippen LogP contribution in [0.2, 0.25) is 0 Å². The number of unbranched alkanes of at least 4 members (excludes halogenated alkanes) is 5. The number of likely N-dealkylation sites (tertiary alicyclic amines) is 2. The molecule has 380 valence electrons. The van der Waals surface area contributed by atoms with Crippen LogP contribution in [-0.4, -0.2) is 122 Å². The minimum atomic E-state index is -0.268. The van der Waals surface area contributed by atoms with Crippen molar-refractivity contribution in [3.8, 4) is 17.2 Å². The summed E-state index contributed by atoms with van der Waals surface area (Å²) in [6, 6.07) is 25.1. The van der Waals surface area contributed by atoms with Gasteiger partial charge in [0.25, 0.3) is 0 Å². The Hall–Kier alpha value is -5.05. The quantitative estimate of drug-likeness (QED) is 0.0168. The summed E-state index contributed by atoms with van der Waals surface area (Å²) >= 11 is 1.91. The number of amides is 4. The normalized spacial score (nSPS) is 18.8. The van der Waals surface area contributed by atoms with Gasteiger partial charge in [0.2, 0.25) is 11.8 Å². The fraction of sp³-hybridized carbons (Fsp3) is 0.571. The first-order valence-corrected chi connectivity index (χ1v) is 27.5. The van der Waals surface area contributed by atoms with E-state index in [9.17, 15) is 19.2 Å². The number of nitrogens with zero attached hydrogens (tertiary/aromatic N) is 2. The van der Waals surface area contributed by atoms with Gasteiger partial charge in [-0.15, -0.1) is 0 Å². The van der Waals surface area contributed by atoms with Gasteiger partial charge >= 0.3 is 12.0 Å². The Kier molecular flexibility index (Phi) is 21.6. The summed E-state index contributed by atoms with van der Waals surface area (Å²) in [6.45, 7) is 11.2. The molecule has 4 aliphatic heterocycles. The van der Waals surface area contributed by atoms with Crippen LogP contribution in [0.25, 0.3) is 11.1 Å². The maximum atomic E-state index is 13.0. The summed E-state index contributed by atoms with van der Waals surface area (Å²) in [5.74, 6) is 3.05. The standard InChI is InChI=1S/C56H78N6O7S/c1-2-48(54(42-22-26-45(27-23-42)67-38-36-61-32-11-12-33-61)43-24-28-46(29-25-43)68-39-37-62-34-13-14-35-62)44-16-15-17-47(40-44)69-53(65)21-6-4-10-31-57-51(63)19-5-3-9-30-58-52(64)20-8-7-18-50-55-49(41-70-50)59-56(66)60-55/h15-17,22-29,40,49-50,55H,2-14,18-21,30-39,41H2,1H3,(H,57,63)(H,58,64)(H2,59,60,66)/t49-,50?,55-/m1/s1. The first kappa shape index (κ1) is 52.8. The summed E-state index contributed by atoms with van der Waals surface area (Å²) in [5.41, 5.74) is 5.42. The van der Waals surface area contributed by atoms with Gasteiger partial charge in [-0.25, -0.2) is 4.79 Å². The van der Waals surface area contributed by atoms with Crippen molar-refractivity contribution in [2.24, 2.45) is 0 Å². The molecule has 3 aromatic rings. The molecule has 4 N–H and O–H groups in total. The Balaban J connectivity index is 0.803. The molecule has 3 atom stereocenters. The highest BCUT2D eigenvalue weighted by Crippen LogP contribution is 2.37. The number of urea groups is 1. The van der Waals surface area contributed by atoms with Crippen LogP contribution in [-0.2, 0) is 14.4 Å². The Morgan fingerprint density at radius 1 is 0.643 bits per heavy atom. The molecule has 4 aliphatic rings. The van der Waals surface area contributed by atoms with Crippen LogP contribution >= 0.6 is 11.8 Å². The van der Waals surface area contributed by atoms with Crippen LogP contribution in [0.15, 0.2) is 72.8 Å². The number of ether oxygens (including phenoxy) is 3. The van der Waals surface area contributed by atoms with E-state index in [-0.39, 0.29) is 35.9 Å². The number of allylic oxidation sites excluding steroid dienone is 1. The Morgan fingerprint density at radius 2 is 1.20 bits per heavy atom. The van der Waals surface area contributed by atoms with E-state index in [4.69, 9.17) is 14.2 Å².